The number of sulfonamides is 1. The highest BCUT2D eigenvalue weighted by Crippen LogP contribution is 2.18. The van der Waals surface area contributed by atoms with Crippen LogP contribution in [0.2, 0.25) is 0 Å². The van der Waals surface area contributed by atoms with Gasteiger partial charge in [0.2, 0.25) is 10.0 Å². The molecular formula is C11H15BrClNO3S. The lowest BCUT2D eigenvalue weighted by Crippen LogP contribution is -2.35. The van der Waals surface area contributed by atoms with Gasteiger partial charge in [-0.25, -0.2) is 8.42 Å². The van der Waals surface area contributed by atoms with Crippen LogP contribution in [0.3, 0.4) is 0 Å². The summed E-state index contributed by atoms with van der Waals surface area (Å²) in [5, 5.41) is 0. The van der Waals surface area contributed by atoms with Crippen LogP contribution < -0.4 is 0 Å². The van der Waals surface area contributed by atoms with E-state index in [-0.39, 0.29) is 17.3 Å². The fraction of sp³-hybridized carbons (Fsp3) is 0.455. The SMILES string of the molecule is COCCN(CCCl)S(=O)(=O)c1ccc(Br)cc1. The summed E-state index contributed by atoms with van der Waals surface area (Å²) in [4.78, 5) is 0.256. The molecular weight excluding hydrogens is 342 g/mol. The number of ether oxygens (including phenoxy) is 1. The molecule has 1 rings (SSSR count). The zero-order valence-electron chi connectivity index (χ0n) is 9.97. The fourth-order valence-electron chi connectivity index (χ4n) is 1.40. The Morgan fingerprint density at radius 3 is 2.39 bits per heavy atom. The van der Waals surface area contributed by atoms with Crippen LogP contribution in [0.5, 0.6) is 0 Å². The van der Waals surface area contributed by atoms with Crippen molar-refractivity contribution in [3.05, 3.63) is 28.7 Å². The number of alkyl halides is 1. The second-order valence-corrected chi connectivity index (χ2v) is 6.77. The maximum Gasteiger partial charge on any atom is 0.243 e. The van der Waals surface area contributed by atoms with Gasteiger partial charge in [-0.05, 0) is 24.3 Å². The molecule has 7 heteroatoms. The minimum absolute atomic E-state index is 0.249. The van der Waals surface area contributed by atoms with Crippen LogP contribution in [0.25, 0.3) is 0 Å². The second-order valence-electron chi connectivity index (χ2n) is 3.54. The number of rotatable bonds is 7. The molecule has 0 aromatic heterocycles. The van der Waals surface area contributed by atoms with Gasteiger partial charge in [0.15, 0.2) is 0 Å². The Balaban J connectivity index is 2.96. The van der Waals surface area contributed by atoms with E-state index in [2.05, 4.69) is 15.9 Å². The number of hydrogen-bond acceptors (Lipinski definition) is 3. The average molecular weight is 357 g/mol. The van der Waals surface area contributed by atoms with E-state index in [0.29, 0.717) is 13.2 Å². The summed E-state index contributed by atoms with van der Waals surface area (Å²) in [6.07, 6.45) is 0. The molecule has 0 unspecified atom stereocenters. The Morgan fingerprint density at radius 1 is 1.28 bits per heavy atom. The normalized spacial score (nSPS) is 12.0. The fourth-order valence-corrected chi connectivity index (χ4v) is 3.39. The van der Waals surface area contributed by atoms with Gasteiger partial charge in [0.05, 0.1) is 11.5 Å². The summed E-state index contributed by atoms with van der Waals surface area (Å²) >= 11 is 8.91. The van der Waals surface area contributed by atoms with Crippen molar-refractivity contribution in [2.45, 2.75) is 4.90 Å². The Kier molecular flexibility index (Phi) is 6.59. The zero-order chi connectivity index (χ0) is 13.6. The summed E-state index contributed by atoms with van der Waals surface area (Å²) in [7, 11) is -1.97. The molecule has 0 N–H and O–H groups in total. The van der Waals surface area contributed by atoms with Crippen LogP contribution >= 0.6 is 27.5 Å². The molecule has 1 aromatic rings. The van der Waals surface area contributed by atoms with Crippen molar-refractivity contribution in [1.82, 2.24) is 4.31 Å². The van der Waals surface area contributed by atoms with Gasteiger partial charge >= 0.3 is 0 Å². The number of methoxy groups -OCH3 is 1. The molecule has 0 heterocycles. The topological polar surface area (TPSA) is 46.6 Å². The summed E-state index contributed by atoms with van der Waals surface area (Å²) < 4.78 is 31.7. The smallest absolute Gasteiger partial charge is 0.243 e. The van der Waals surface area contributed by atoms with Crippen LogP contribution in [-0.2, 0) is 14.8 Å². The third kappa shape index (κ3) is 4.20. The highest BCUT2D eigenvalue weighted by atomic mass is 79.9. The molecule has 0 saturated heterocycles. The Bertz CT molecular complexity index is 464. The molecule has 0 fully saturated rings. The van der Waals surface area contributed by atoms with Gasteiger partial charge in [0.25, 0.3) is 0 Å². The van der Waals surface area contributed by atoms with Gasteiger partial charge < -0.3 is 4.74 Å². The van der Waals surface area contributed by atoms with Crippen molar-refractivity contribution in [3.8, 4) is 0 Å². The Labute approximate surface area is 121 Å². The van der Waals surface area contributed by atoms with E-state index in [1.807, 2.05) is 0 Å². The molecule has 1 aromatic carbocycles. The monoisotopic (exact) mass is 355 g/mol. The first kappa shape index (κ1) is 15.9. The lowest BCUT2D eigenvalue weighted by molar-refractivity contribution is 0.180. The van der Waals surface area contributed by atoms with Crippen LogP contribution in [-0.4, -0.2) is 45.4 Å². The maximum atomic E-state index is 12.3. The molecule has 0 aliphatic heterocycles. The van der Waals surface area contributed by atoms with Crippen molar-refractivity contribution < 1.29 is 13.2 Å². The molecule has 0 radical (unpaired) electrons. The van der Waals surface area contributed by atoms with Crippen LogP contribution in [0.15, 0.2) is 33.6 Å². The van der Waals surface area contributed by atoms with E-state index >= 15 is 0 Å². The molecule has 4 nitrogen and oxygen atoms in total. The van der Waals surface area contributed by atoms with Crippen LogP contribution in [0.4, 0.5) is 0 Å². The van der Waals surface area contributed by atoms with Gasteiger partial charge in [-0.3, -0.25) is 0 Å². The van der Waals surface area contributed by atoms with Gasteiger partial charge in [-0.15, -0.1) is 11.6 Å². The summed E-state index contributed by atoms with van der Waals surface area (Å²) in [5.41, 5.74) is 0. The number of nitrogens with zero attached hydrogens (tertiary/aromatic N) is 1. The highest BCUT2D eigenvalue weighted by Gasteiger charge is 2.23. The van der Waals surface area contributed by atoms with Crippen molar-refractivity contribution in [2.24, 2.45) is 0 Å². The number of benzene rings is 1. The summed E-state index contributed by atoms with van der Waals surface area (Å²) in [6.45, 7) is 0.900. The van der Waals surface area contributed by atoms with Gasteiger partial charge in [-0.1, -0.05) is 15.9 Å². The Hall–Kier alpha value is -0.140. The largest absolute Gasteiger partial charge is 0.383 e. The van der Waals surface area contributed by atoms with Crippen molar-refractivity contribution >= 4 is 37.6 Å². The molecule has 0 aliphatic carbocycles. The lowest BCUT2D eigenvalue weighted by Gasteiger charge is -2.20. The minimum Gasteiger partial charge on any atom is -0.383 e. The highest BCUT2D eigenvalue weighted by molar-refractivity contribution is 9.10. The Morgan fingerprint density at radius 2 is 1.89 bits per heavy atom. The molecule has 102 valence electrons. The molecule has 0 saturated carbocycles. The second kappa shape index (κ2) is 7.45. The molecule has 0 atom stereocenters. The van der Waals surface area contributed by atoms with Gasteiger partial charge in [-0.2, -0.15) is 4.31 Å². The van der Waals surface area contributed by atoms with E-state index < -0.39 is 10.0 Å². The zero-order valence-corrected chi connectivity index (χ0v) is 13.1. The van der Waals surface area contributed by atoms with E-state index in [0.717, 1.165) is 4.47 Å². The quantitative estimate of drug-likeness (QED) is 0.704. The molecule has 0 bridgehead atoms. The van der Waals surface area contributed by atoms with E-state index in [1.165, 1.54) is 11.4 Å². The molecule has 0 aliphatic rings. The minimum atomic E-state index is -3.50. The lowest BCUT2D eigenvalue weighted by atomic mass is 10.4. The third-order valence-corrected chi connectivity index (χ3v) is 4.94. The van der Waals surface area contributed by atoms with E-state index in [4.69, 9.17) is 16.3 Å². The summed E-state index contributed by atoms with van der Waals surface area (Å²) in [5.74, 6) is 0.249. The predicted octanol–water partition coefficient (Wildman–Crippen LogP) is 2.33. The van der Waals surface area contributed by atoms with Crippen molar-refractivity contribution in [1.29, 1.82) is 0 Å². The summed E-state index contributed by atoms with van der Waals surface area (Å²) in [6, 6.07) is 6.52. The molecule has 0 amide bonds. The standard InChI is InChI=1S/C11H15BrClNO3S/c1-17-9-8-14(7-6-13)18(15,16)11-4-2-10(12)3-5-11/h2-5H,6-9H2,1H3. The van der Waals surface area contributed by atoms with E-state index in [9.17, 15) is 8.42 Å². The molecule has 0 spiro atoms. The first-order valence-corrected chi connectivity index (χ1v) is 8.09. The maximum absolute atomic E-state index is 12.3. The molecule has 18 heavy (non-hydrogen) atoms. The van der Waals surface area contributed by atoms with E-state index in [1.54, 1.807) is 24.3 Å². The third-order valence-electron chi connectivity index (χ3n) is 2.33. The van der Waals surface area contributed by atoms with Crippen molar-refractivity contribution in [3.63, 3.8) is 0 Å². The first-order chi connectivity index (χ1) is 8.52. The van der Waals surface area contributed by atoms with Crippen molar-refractivity contribution in [2.75, 3.05) is 32.7 Å². The van der Waals surface area contributed by atoms with Crippen LogP contribution in [0, 0.1) is 0 Å². The van der Waals surface area contributed by atoms with Gasteiger partial charge in [0, 0.05) is 30.6 Å². The predicted molar refractivity (Wildman–Crippen MR) is 75.5 cm³/mol. The van der Waals surface area contributed by atoms with Crippen LogP contribution in [0.1, 0.15) is 0 Å². The van der Waals surface area contributed by atoms with Gasteiger partial charge in [0.1, 0.15) is 0 Å². The average Bonchev–Trinajstić information content (AvgIpc) is 2.35. The first-order valence-electron chi connectivity index (χ1n) is 5.33. The number of halogens is 2. The number of hydrogen-bond donors (Lipinski definition) is 0.